The van der Waals surface area contributed by atoms with E-state index in [0.717, 1.165) is 41.1 Å². The summed E-state index contributed by atoms with van der Waals surface area (Å²) in [4.78, 5) is 20.9. The third kappa shape index (κ3) is 6.16. The van der Waals surface area contributed by atoms with Crippen molar-refractivity contribution in [1.29, 1.82) is 0 Å². The minimum atomic E-state index is 0.819. The van der Waals surface area contributed by atoms with E-state index in [1.54, 1.807) is 11.3 Å². The number of allylic oxidation sites excluding steroid dienone is 2. The topological polar surface area (TPSA) is 20.3 Å². The number of carbonyl (C=O) groups is 1. The van der Waals surface area contributed by atoms with Crippen LogP contribution in [0.1, 0.15) is 59.6 Å². The van der Waals surface area contributed by atoms with Gasteiger partial charge in [-0.2, -0.15) is 0 Å². The van der Waals surface area contributed by atoms with Gasteiger partial charge in [0.1, 0.15) is 0 Å². The Kier molecular flexibility index (Phi) is 8.49. The van der Waals surface area contributed by atoms with Gasteiger partial charge in [0.05, 0.1) is 4.88 Å². The average molecular weight is 640 g/mol. The van der Waals surface area contributed by atoms with E-state index in [0.29, 0.717) is 0 Å². The second-order valence-corrected chi connectivity index (χ2v) is 14.9. The number of thiophene rings is 3. The van der Waals surface area contributed by atoms with Crippen LogP contribution in [0.2, 0.25) is 0 Å². The molecule has 0 spiro atoms. The molecule has 0 aliphatic heterocycles. The summed E-state index contributed by atoms with van der Waals surface area (Å²) < 4.78 is 0. The second-order valence-electron chi connectivity index (χ2n) is 11.3. The molecule has 0 fully saturated rings. The quantitative estimate of drug-likeness (QED) is 0.147. The number of hydrogen-bond donors (Lipinski definition) is 0. The molecular formula is C40H33NOS3. The Bertz CT molecular complexity index is 1970. The van der Waals surface area contributed by atoms with Gasteiger partial charge in [0, 0.05) is 41.4 Å². The summed E-state index contributed by atoms with van der Waals surface area (Å²) in [5, 5.41) is 0. The van der Waals surface area contributed by atoms with Crippen molar-refractivity contribution >= 4 is 80.7 Å². The predicted octanol–water partition coefficient (Wildman–Crippen LogP) is 12.7. The van der Waals surface area contributed by atoms with Gasteiger partial charge in [-0.1, -0.05) is 48.5 Å². The molecule has 6 aromatic rings. The van der Waals surface area contributed by atoms with Crippen molar-refractivity contribution in [2.24, 2.45) is 0 Å². The first-order valence-electron chi connectivity index (χ1n) is 15.2. The van der Waals surface area contributed by atoms with Gasteiger partial charge < -0.3 is 4.90 Å². The smallest absolute Gasteiger partial charge is 0.160 e. The highest BCUT2D eigenvalue weighted by Crippen LogP contribution is 2.45. The van der Waals surface area contributed by atoms with Gasteiger partial charge in [-0.15, -0.1) is 34.0 Å². The second kappa shape index (κ2) is 13.0. The molecule has 0 amide bonds. The first kappa shape index (κ1) is 29.4. The van der Waals surface area contributed by atoms with Crippen LogP contribution in [0.5, 0.6) is 0 Å². The van der Waals surface area contributed by atoms with Crippen molar-refractivity contribution in [2.75, 3.05) is 4.90 Å². The van der Waals surface area contributed by atoms with E-state index in [4.69, 9.17) is 0 Å². The van der Waals surface area contributed by atoms with Crippen molar-refractivity contribution in [3.63, 3.8) is 0 Å². The number of rotatable bonds is 9. The molecule has 7 rings (SSSR count). The monoisotopic (exact) mass is 639 g/mol. The number of benzene rings is 3. The zero-order valence-electron chi connectivity index (χ0n) is 25.3. The first-order valence-corrected chi connectivity index (χ1v) is 17.7. The fourth-order valence-electron chi connectivity index (χ4n) is 6.23. The Labute approximate surface area is 277 Å². The molecule has 0 radical (unpaired) electrons. The summed E-state index contributed by atoms with van der Waals surface area (Å²) in [6.45, 7) is 4.37. The number of anilines is 3. The van der Waals surface area contributed by atoms with Crippen LogP contribution in [-0.4, -0.2) is 6.29 Å². The van der Waals surface area contributed by atoms with Gasteiger partial charge >= 0.3 is 0 Å². The maximum Gasteiger partial charge on any atom is 0.160 e. The van der Waals surface area contributed by atoms with E-state index < -0.39 is 0 Å². The van der Waals surface area contributed by atoms with Gasteiger partial charge in [-0.3, -0.25) is 4.79 Å². The molecule has 0 saturated carbocycles. The van der Waals surface area contributed by atoms with Gasteiger partial charge in [0.2, 0.25) is 0 Å². The molecule has 0 N–H and O–H groups in total. The molecule has 3 aromatic heterocycles. The Hall–Kier alpha value is -4.29. The third-order valence-corrected chi connectivity index (χ3v) is 11.4. The standard InChI is InChI=1S/C40H33NOS3/c1-27-38(36-14-9-15-37(36)39-25-35(26-42)44-28(39)2)24-34(43-27)21-20-33-22-23-40(45-33)29-16-18-32(19-17-29)41(30-10-5-3-6-11-30)31-12-7-4-8-13-31/h3-8,10-13,16-26H,9,14-15H2,1-2H3/b21-20+. The van der Waals surface area contributed by atoms with Crippen molar-refractivity contribution in [3.05, 3.63) is 145 Å². The van der Waals surface area contributed by atoms with Crippen LogP contribution >= 0.6 is 34.0 Å². The van der Waals surface area contributed by atoms with Gasteiger partial charge in [-0.05, 0) is 134 Å². The van der Waals surface area contributed by atoms with E-state index in [1.165, 1.54) is 58.6 Å². The Morgan fingerprint density at radius 2 is 1.11 bits per heavy atom. The number of para-hydroxylation sites is 2. The van der Waals surface area contributed by atoms with E-state index >= 15 is 0 Å². The van der Waals surface area contributed by atoms with Crippen LogP contribution in [0.25, 0.3) is 33.7 Å². The van der Waals surface area contributed by atoms with Crippen LogP contribution in [-0.2, 0) is 0 Å². The summed E-state index contributed by atoms with van der Waals surface area (Å²) >= 11 is 5.28. The van der Waals surface area contributed by atoms with E-state index in [-0.39, 0.29) is 0 Å². The lowest BCUT2D eigenvalue weighted by Gasteiger charge is -2.25. The molecular weight excluding hydrogens is 607 g/mol. The highest BCUT2D eigenvalue weighted by molar-refractivity contribution is 7.16. The van der Waals surface area contributed by atoms with E-state index in [9.17, 15) is 4.79 Å². The number of hydrogen-bond acceptors (Lipinski definition) is 5. The van der Waals surface area contributed by atoms with Crippen molar-refractivity contribution in [3.8, 4) is 10.4 Å². The molecule has 2 nitrogen and oxygen atoms in total. The van der Waals surface area contributed by atoms with Crippen LogP contribution < -0.4 is 4.90 Å². The highest BCUT2D eigenvalue weighted by atomic mass is 32.1. The number of nitrogens with zero attached hydrogens (tertiary/aromatic N) is 1. The Balaban J connectivity index is 1.10. The molecule has 1 aliphatic carbocycles. The molecule has 45 heavy (non-hydrogen) atoms. The maximum absolute atomic E-state index is 11.4. The van der Waals surface area contributed by atoms with E-state index in [2.05, 4.69) is 140 Å². The van der Waals surface area contributed by atoms with Crippen molar-refractivity contribution < 1.29 is 4.79 Å². The first-order chi connectivity index (χ1) is 22.1. The van der Waals surface area contributed by atoms with Crippen molar-refractivity contribution in [2.45, 2.75) is 33.1 Å². The largest absolute Gasteiger partial charge is 0.311 e. The molecule has 0 saturated heterocycles. The van der Waals surface area contributed by atoms with E-state index in [1.807, 2.05) is 22.7 Å². The molecule has 0 atom stereocenters. The zero-order valence-corrected chi connectivity index (χ0v) is 27.8. The highest BCUT2D eigenvalue weighted by Gasteiger charge is 2.22. The minimum Gasteiger partial charge on any atom is -0.311 e. The fourth-order valence-corrected chi connectivity index (χ4v) is 8.97. The summed E-state index contributed by atoms with van der Waals surface area (Å²) in [5.41, 5.74) is 10.2. The molecule has 222 valence electrons. The summed E-state index contributed by atoms with van der Waals surface area (Å²) in [7, 11) is 0. The Morgan fingerprint density at radius 3 is 1.69 bits per heavy atom. The number of carbonyl (C=O) groups excluding carboxylic acids is 1. The average Bonchev–Trinajstić information content (AvgIpc) is 3.88. The number of aldehydes is 1. The summed E-state index contributed by atoms with van der Waals surface area (Å²) in [6, 6.07) is 38.8. The summed E-state index contributed by atoms with van der Waals surface area (Å²) in [5.74, 6) is 0. The minimum absolute atomic E-state index is 0.819. The molecule has 1 aliphatic rings. The third-order valence-electron chi connectivity index (χ3n) is 8.34. The van der Waals surface area contributed by atoms with Crippen LogP contribution in [0.4, 0.5) is 17.1 Å². The zero-order chi connectivity index (χ0) is 30.8. The lowest BCUT2D eigenvalue weighted by molar-refractivity contribution is 0.112. The number of aryl methyl sites for hydroxylation is 2. The van der Waals surface area contributed by atoms with Crippen LogP contribution in [0.3, 0.4) is 0 Å². The maximum atomic E-state index is 11.4. The summed E-state index contributed by atoms with van der Waals surface area (Å²) in [6.07, 6.45) is 8.84. The normalized spacial score (nSPS) is 13.2. The molecule has 0 bridgehead atoms. The van der Waals surface area contributed by atoms with Gasteiger partial charge in [0.15, 0.2) is 6.29 Å². The molecule has 5 heteroatoms. The SMILES string of the molecule is Cc1sc(C=O)cc1C1=C(c2cc(/C=C/c3ccc(-c4ccc(N(c5ccccc5)c5ccccc5)cc4)s3)sc2C)CCC1. The van der Waals surface area contributed by atoms with Gasteiger partial charge in [-0.25, -0.2) is 0 Å². The van der Waals surface area contributed by atoms with Crippen molar-refractivity contribution in [1.82, 2.24) is 0 Å². The fraction of sp³-hybridized carbons (Fsp3) is 0.125. The molecule has 0 unspecified atom stereocenters. The predicted molar refractivity (Wildman–Crippen MR) is 198 cm³/mol. The van der Waals surface area contributed by atoms with Crippen LogP contribution in [0, 0.1) is 13.8 Å². The lowest BCUT2D eigenvalue weighted by atomic mass is 9.97. The Morgan fingerprint density at radius 1 is 0.578 bits per heavy atom. The molecule has 3 aromatic carbocycles. The lowest BCUT2D eigenvalue weighted by Crippen LogP contribution is -2.09. The van der Waals surface area contributed by atoms with Crippen LogP contribution in [0.15, 0.2) is 109 Å². The van der Waals surface area contributed by atoms with Gasteiger partial charge in [0.25, 0.3) is 0 Å². The molecule has 3 heterocycles.